The summed E-state index contributed by atoms with van der Waals surface area (Å²) < 4.78 is 53.1. The molecular weight excluding hydrogens is 368 g/mol. The molecule has 0 aliphatic rings. The summed E-state index contributed by atoms with van der Waals surface area (Å²) in [6, 6.07) is 7.74. The van der Waals surface area contributed by atoms with Gasteiger partial charge in [0, 0.05) is 10.5 Å². The zero-order valence-corrected chi connectivity index (χ0v) is 13.2. The van der Waals surface area contributed by atoms with Crippen molar-refractivity contribution in [3.63, 3.8) is 0 Å². The molecule has 2 aromatic carbocycles. The van der Waals surface area contributed by atoms with Gasteiger partial charge < -0.3 is 0 Å². The summed E-state index contributed by atoms with van der Waals surface area (Å²) in [5, 5.41) is 6.90. The summed E-state index contributed by atoms with van der Waals surface area (Å²) in [6.45, 7) is 0. The molecular formula is C16H8F4N6O. The smallest absolute Gasteiger partial charge is 0.287 e. The van der Waals surface area contributed by atoms with E-state index in [1.807, 2.05) is 0 Å². The number of benzene rings is 2. The van der Waals surface area contributed by atoms with E-state index in [0.29, 0.717) is 5.69 Å². The van der Waals surface area contributed by atoms with Gasteiger partial charge in [-0.15, -0.1) is 5.10 Å². The van der Waals surface area contributed by atoms with Crippen molar-refractivity contribution < 1.29 is 22.4 Å². The van der Waals surface area contributed by atoms with E-state index >= 15 is 0 Å². The lowest BCUT2D eigenvalue weighted by Crippen LogP contribution is -2.05. The Morgan fingerprint density at radius 1 is 1.15 bits per heavy atom. The van der Waals surface area contributed by atoms with Gasteiger partial charge in [0.25, 0.3) is 5.91 Å². The summed E-state index contributed by atoms with van der Waals surface area (Å²) >= 11 is 0. The minimum absolute atomic E-state index is 0.0941. The van der Waals surface area contributed by atoms with Crippen molar-refractivity contribution in [2.75, 3.05) is 0 Å². The molecule has 7 nitrogen and oxygen atoms in total. The van der Waals surface area contributed by atoms with Gasteiger partial charge in [-0.05, 0) is 47.0 Å². The molecule has 136 valence electrons. The number of rotatable bonds is 3. The Hall–Kier alpha value is -3.72. The zero-order valence-electron chi connectivity index (χ0n) is 13.2. The van der Waals surface area contributed by atoms with Crippen LogP contribution < -0.4 is 0 Å². The molecule has 0 fully saturated rings. The number of nitrogens with zero attached hydrogens (tertiary/aromatic N) is 6. The predicted molar refractivity (Wildman–Crippen MR) is 85.2 cm³/mol. The van der Waals surface area contributed by atoms with Crippen molar-refractivity contribution in [2.45, 2.75) is 6.18 Å². The summed E-state index contributed by atoms with van der Waals surface area (Å²) in [4.78, 5) is 17.7. The van der Waals surface area contributed by atoms with E-state index in [9.17, 15) is 22.4 Å². The van der Waals surface area contributed by atoms with Gasteiger partial charge in [-0.3, -0.25) is 4.79 Å². The SMILES string of the molecule is [N-]=[N+]=NC(=O)c1ccc(-c2ncn(-c3ccc(C(F)(F)F)cc3)n2)cc1F. The highest BCUT2D eigenvalue weighted by atomic mass is 19.4. The number of alkyl halides is 3. The molecule has 0 bridgehead atoms. The first-order valence-corrected chi connectivity index (χ1v) is 7.28. The van der Waals surface area contributed by atoms with Crippen LogP contribution in [0.2, 0.25) is 0 Å². The van der Waals surface area contributed by atoms with Crippen LogP contribution in [0.1, 0.15) is 15.9 Å². The molecule has 0 aliphatic heterocycles. The van der Waals surface area contributed by atoms with Gasteiger partial charge in [0.15, 0.2) is 5.82 Å². The van der Waals surface area contributed by atoms with Gasteiger partial charge in [0.05, 0.1) is 16.8 Å². The lowest BCUT2D eigenvalue weighted by Gasteiger charge is -2.07. The van der Waals surface area contributed by atoms with E-state index in [1.54, 1.807) is 0 Å². The normalized spacial score (nSPS) is 11.1. The van der Waals surface area contributed by atoms with Crippen molar-refractivity contribution in [3.05, 3.63) is 76.2 Å². The highest BCUT2D eigenvalue weighted by Gasteiger charge is 2.30. The Balaban J connectivity index is 1.89. The van der Waals surface area contributed by atoms with Gasteiger partial charge in [0.1, 0.15) is 12.1 Å². The van der Waals surface area contributed by atoms with Crippen LogP contribution >= 0.6 is 0 Å². The molecule has 0 saturated carbocycles. The second-order valence-corrected chi connectivity index (χ2v) is 5.25. The Labute approximate surface area is 148 Å². The average molecular weight is 376 g/mol. The first kappa shape index (κ1) is 18.1. The molecule has 3 rings (SSSR count). The Kier molecular flexibility index (Phi) is 4.61. The highest BCUT2D eigenvalue weighted by molar-refractivity contribution is 5.95. The maximum atomic E-state index is 14.0. The third kappa shape index (κ3) is 3.77. The number of carbonyl (C=O) groups is 1. The van der Waals surface area contributed by atoms with E-state index < -0.39 is 29.0 Å². The number of halogens is 4. The van der Waals surface area contributed by atoms with Crippen LogP contribution in [0.4, 0.5) is 17.6 Å². The third-order valence-corrected chi connectivity index (χ3v) is 3.54. The topological polar surface area (TPSA) is 96.5 Å². The number of hydrogen-bond acceptors (Lipinski definition) is 3. The minimum Gasteiger partial charge on any atom is -0.287 e. The average Bonchev–Trinajstić information content (AvgIpc) is 3.11. The van der Waals surface area contributed by atoms with Crippen LogP contribution in [0, 0.1) is 5.82 Å². The summed E-state index contributed by atoms with van der Waals surface area (Å²) in [5.74, 6) is -1.89. The van der Waals surface area contributed by atoms with Crippen LogP contribution in [0.5, 0.6) is 0 Å². The fourth-order valence-corrected chi connectivity index (χ4v) is 2.25. The van der Waals surface area contributed by atoms with Gasteiger partial charge in [-0.2, -0.15) is 13.2 Å². The lowest BCUT2D eigenvalue weighted by molar-refractivity contribution is -0.137. The molecule has 0 unspecified atom stereocenters. The van der Waals surface area contributed by atoms with Gasteiger partial charge in [-0.1, -0.05) is 6.07 Å². The number of carbonyl (C=O) groups excluding carboxylic acids is 1. The summed E-state index contributed by atoms with van der Waals surface area (Å²) in [5.41, 5.74) is 7.59. The third-order valence-electron chi connectivity index (χ3n) is 3.54. The molecule has 1 aromatic heterocycles. The fraction of sp³-hybridized carbons (Fsp3) is 0.0625. The molecule has 1 amide bonds. The summed E-state index contributed by atoms with van der Waals surface area (Å²) in [6.07, 6.45) is -3.19. The predicted octanol–water partition coefficient (Wildman–Crippen LogP) is 4.54. The molecule has 3 aromatic rings. The molecule has 11 heteroatoms. The molecule has 1 heterocycles. The Morgan fingerprint density at radius 3 is 2.44 bits per heavy atom. The second kappa shape index (κ2) is 6.89. The Bertz CT molecular complexity index is 1050. The van der Waals surface area contributed by atoms with E-state index in [1.165, 1.54) is 29.2 Å². The molecule has 0 N–H and O–H groups in total. The maximum absolute atomic E-state index is 14.0. The van der Waals surface area contributed by atoms with E-state index in [-0.39, 0.29) is 11.4 Å². The highest BCUT2D eigenvalue weighted by Crippen LogP contribution is 2.29. The molecule has 0 atom stereocenters. The first-order chi connectivity index (χ1) is 12.8. The number of amides is 1. The number of azide groups is 1. The quantitative estimate of drug-likeness (QED) is 0.290. The van der Waals surface area contributed by atoms with Crippen molar-refractivity contribution >= 4 is 5.91 Å². The van der Waals surface area contributed by atoms with Crippen molar-refractivity contribution in [3.8, 4) is 17.1 Å². The maximum Gasteiger partial charge on any atom is 0.416 e. The van der Waals surface area contributed by atoms with Gasteiger partial charge in [-0.25, -0.2) is 14.1 Å². The van der Waals surface area contributed by atoms with Crippen molar-refractivity contribution in [1.82, 2.24) is 14.8 Å². The largest absolute Gasteiger partial charge is 0.416 e. The van der Waals surface area contributed by atoms with E-state index in [2.05, 4.69) is 20.1 Å². The zero-order chi connectivity index (χ0) is 19.6. The number of aromatic nitrogens is 3. The van der Waals surface area contributed by atoms with Crippen molar-refractivity contribution in [2.24, 2.45) is 5.11 Å². The van der Waals surface area contributed by atoms with E-state index in [4.69, 9.17) is 5.53 Å². The second-order valence-electron chi connectivity index (χ2n) is 5.25. The van der Waals surface area contributed by atoms with Crippen LogP contribution in [0.25, 0.3) is 27.5 Å². The van der Waals surface area contributed by atoms with Gasteiger partial charge >= 0.3 is 6.18 Å². The Morgan fingerprint density at radius 2 is 1.85 bits per heavy atom. The lowest BCUT2D eigenvalue weighted by atomic mass is 10.1. The molecule has 0 saturated heterocycles. The van der Waals surface area contributed by atoms with E-state index in [0.717, 1.165) is 24.3 Å². The molecule has 0 spiro atoms. The van der Waals surface area contributed by atoms with Crippen LogP contribution in [-0.2, 0) is 6.18 Å². The minimum atomic E-state index is -4.45. The molecule has 27 heavy (non-hydrogen) atoms. The first-order valence-electron chi connectivity index (χ1n) is 7.28. The van der Waals surface area contributed by atoms with Crippen LogP contribution in [0.3, 0.4) is 0 Å². The van der Waals surface area contributed by atoms with Crippen LogP contribution in [-0.4, -0.2) is 20.7 Å². The van der Waals surface area contributed by atoms with Gasteiger partial charge in [0.2, 0.25) is 0 Å². The standard InChI is InChI=1S/C16H8F4N6O/c17-13-7-9(1-6-12(13)15(27)23-25-21)14-22-8-26(24-14)11-4-2-10(3-5-11)16(18,19)20/h1-8H. The molecule has 0 aliphatic carbocycles. The molecule has 0 radical (unpaired) electrons. The number of hydrogen-bond donors (Lipinski definition) is 0. The van der Waals surface area contributed by atoms with Crippen molar-refractivity contribution in [1.29, 1.82) is 0 Å². The monoisotopic (exact) mass is 376 g/mol. The summed E-state index contributed by atoms with van der Waals surface area (Å²) in [7, 11) is 0. The fourth-order valence-electron chi connectivity index (χ4n) is 2.25. The van der Waals surface area contributed by atoms with Crippen LogP contribution in [0.15, 0.2) is 53.9 Å².